The number of hydrogen-bond acceptors (Lipinski definition) is 4. The number of nitrogens with one attached hydrogen (secondary N) is 1. The predicted octanol–water partition coefficient (Wildman–Crippen LogP) is 1.41. The molecule has 5 nitrogen and oxygen atoms in total. The molecule has 1 aromatic carbocycles. The molecule has 0 aliphatic carbocycles. The lowest BCUT2D eigenvalue weighted by Crippen LogP contribution is -2.36. The molecule has 20 heavy (non-hydrogen) atoms. The van der Waals surface area contributed by atoms with Gasteiger partial charge in [-0.25, -0.2) is 0 Å². The van der Waals surface area contributed by atoms with E-state index in [9.17, 15) is 9.59 Å². The Morgan fingerprint density at radius 1 is 1.45 bits per heavy atom. The molecule has 1 aromatic rings. The second-order valence-electron chi connectivity index (χ2n) is 4.10. The minimum Gasteiger partial charge on any atom is -0.497 e. The molecule has 0 bridgehead atoms. The third-order valence-corrected chi connectivity index (χ3v) is 2.61. The number of Topliss-reactive ketones (excluding diaryl/α,β-unsaturated/α-hetero) is 1. The number of methoxy groups -OCH3 is 1. The summed E-state index contributed by atoms with van der Waals surface area (Å²) in [6, 6.07) is 4.83. The van der Waals surface area contributed by atoms with Crippen LogP contribution in [-0.2, 0) is 4.79 Å². The van der Waals surface area contributed by atoms with Crippen molar-refractivity contribution in [1.29, 1.82) is 0 Å². The number of carbonyl (C=O) groups excluding carboxylic acids is 2. The van der Waals surface area contributed by atoms with Crippen LogP contribution in [0.1, 0.15) is 24.2 Å². The van der Waals surface area contributed by atoms with Crippen molar-refractivity contribution in [2.75, 3.05) is 13.7 Å². The van der Waals surface area contributed by atoms with E-state index in [1.807, 2.05) is 0 Å². The van der Waals surface area contributed by atoms with Gasteiger partial charge in [-0.1, -0.05) is 5.92 Å². The zero-order valence-electron chi connectivity index (χ0n) is 11.7. The SMILES string of the molecule is C#CCNC(=O)C(C)Oc1cc(OC)ccc1C(C)=O. The summed E-state index contributed by atoms with van der Waals surface area (Å²) < 4.78 is 10.6. The zero-order chi connectivity index (χ0) is 15.1. The van der Waals surface area contributed by atoms with Crippen LogP contribution in [0.3, 0.4) is 0 Å². The molecule has 5 heteroatoms. The smallest absolute Gasteiger partial charge is 0.261 e. The van der Waals surface area contributed by atoms with Crippen molar-refractivity contribution in [3.8, 4) is 23.8 Å². The molecule has 0 aromatic heterocycles. The summed E-state index contributed by atoms with van der Waals surface area (Å²) in [6.07, 6.45) is 4.29. The maximum atomic E-state index is 11.7. The summed E-state index contributed by atoms with van der Waals surface area (Å²) in [5.41, 5.74) is 0.391. The summed E-state index contributed by atoms with van der Waals surface area (Å²) >= 11 is 0. The number of ether oxygens (including phenoxy) is 2. The van der Waals surface area contributed by atoms with E-state index in [1.165, 1.54) is 14.0 Å². The maximum Gasteiger partial charge on any atom is 0.261 e. The van der Waals surface area contributed by atoms with Crippen molar-refractivity contribution >= 4 is 11.7 Å². The molecule has 0 aliphatic rings. The van der Waals surface area contributed by atoms with Crippen molar-refractivity contribution in [2.24, 2.45) is 0 Å². The lowest BCUT2D eigenvalue weighted by molar-refractivity contribution is -0.127. The summed E-state index contributed by atoms with van der Waals surface area (Å²) in [6.45, 7) is 3.14. The van der Waals surface area contributed by atoms with Gasteiger partial charge in [-0.2, -0.15) is 0 Å². The van der Waals surface area contributed by atoms with E-state index in [0.717, 1.165) is 0 Å². The monoisotopic (exact) mass is 275 g/mol. The molecule has 0 saturated heterocycles. The Morgan fingerprint density at radius 2 is 2.15 bits per heavy atom. The molecule has 106 valence electrons. The average molecular weight is 275 g/mol. The number of benzene rings is 1. The summed E-state index contributed by atoms with van der Waals surface area (Å²) in [7, 11) is 1.51. The lowest BCUT2D eigenvalue weighted by atomic mass is 10.1. The molecule has 1 rings (SSSR count). The normalized spacial score (nSPS) is 11.1. The van der Waals surface area contributed by atoms with Crippen LogP contribution in [0, 0.1) is 12.3 Å². The highest BCUT2D eigenvalue weighted by Crippen LogP contribution is 2.26. The van der Waals surface area contributed by atoms with E-state index in [1.54, 1.807) is 25.1 Å². The maximum absolute atomic E-state index is 11.7. The van der Waals surface area contributed by atoms with E-state index in [2.05, 4.69) is 11.2 Å². The molecule has 0 aliphatic heterocycles. The van der Waals surface area contributed by atoms with E-state index in [4.69, 9.17) is 15.9 Å². The Hall–Kier alpha value is -2.48. The van der Waals surface area contributed by atoms with Crippen LogP contribution in [-0.4, -0.2) is 31.4 Å². The van der Waals surface area contributed by atoms with Gasteiger partial charge in [0.1, 0.15) is 11.5 Å². The molecule has 0 radical (unpaired) electrons. The summed E-state index contributed by atoms with van der Waals surface area (Å²) in [5, 5.41) is 2.51. The second-order valence-corrected chi connectivity index (χ2v) is 4.10. The minimum atomic E-state index is -0.770. The van der Waals surface area contributed by atoms with Crippen LogP contribution in [0.4, 0.5) is 0 Å². The van der Waals surface area contributed by atoms with Gasteiger partial charge in [-0.3, -0.25) is 9.59 Å². The zero-order valence-corrected chi connectivity index (χ0v) is 11.7. The van der Waals surface area contributed by atoms with Gasteiger partial charge in [-0.05, 0) is 26.0 Å². The van der Waals surface area contributed by atoms with Crippen LogP contribution in [0.25, 0.3) is 0 Å². The Kier molecular flexibility index (Phi) is 5.60. The fraction of sp³-hybridized carbons (Fsp3) is 0.333. The second kappa shape index (κ2) is 7.19. The van der Waals surface area contributed by atoms with E-state index >= 15 is 0 Å². The average Bonchev–Trinajstić information content (AvgIpc) is 2.44. The van der Waals surface area contributed by atoms with E-state index in [-0.39, 0.29) is 18.2 Å². The van der Waals surface area contributed by atoms with Crippen LogP contribution >= 0.6 is 0 Å². The van der Waals surface area contributed by atoms with Gasteiger partial charge in [0.25, 0.3) is 5.91 Å². The third-order valence-electron chi connectivity index (χ3n) is 2.61. The molecular formula is C15H17NO4. The molecule has 1 unspecified atom stereocenters. The number of hydrogen-bond donors (Lipinski definition) is 1. The highest BCUT2D eigenvalue weighted by atomic mass is 16.5. The van der Waals surface area contributed by atoms with Gasteiger partial charge in [0.2, 0.25) is 0 Å². The van der Waals surface area contributed by atoms with Gasteiger partial charge in [-0.15, -0.1) is 6.42 Å². The van der Waals surface area contributed by atoms with E-state index in [0.29, 0.717) is 17.1 Å². The van der Waals surface area contributed by atoms with Gasteiger partial charge in [0, 0.05) is 6.07 Å². The quantitative estimate of drug-likeness (QED) is 0.630. The molecule has 1 amide bonds. The van der Waals surface area contributed by atoms with Gasteiger partial charge in [0.15, 0.2) is 11.9 Å². The van der Waals surface area contributed by atoms with Crippen molar-refractivity contribution in [1.82, 2.24) is 5.32 Å². The largest absolute Gasteiger partial charge is 0.497 e. The van der Waals surface area contributed by atoms with Crippen molar-refractivity contribution < 1.29 is 19.1 Å². The summed E-state index contributed by atoms with van der Waals surface area (Å²) in [4.78, 5) is 23.2. The van der Waals surface area contributed by atoms with E-state index < -0.39 is 6.10 Å². The van der Waals surface area contributed by atoms with Crippen molar-refractivity contribution in [3.05, 3.63) is 23.8 Å². The van der Waals surface area contributed by atoms with Crippen LogP contribution in [0.2, 0.25) is 0 Å². The van der Waals surface area contributed by atoms with Crippen LogP contribution < -0.4 is 14.8 Å². The highest BCUT2D eigenvalue weighted by molar-refractivity contribution is 5.97. The van der Waals surface area contributed by atoms with Gasteiger partial charge < -0.3 is 14.8 Å². The Labute approximate surface area is 118 Å². The Morgan fingerprint density at radius 3 is 2.70 bits per heavy atom. The number of ketones is 1. The first-order valence-electron chi connectivity index (χ1n) is 6.06. The predicted molar refractivity (Wildman–Crippen MR) is 74.9 cm³/mol. The van der Waals surface area contributed by atoms with Crippen molar-refractivity contribution in [3.63, 3.8) is 0 Å². The first-order chi connectivity index (χ1) is 9.49. The lowest BCUT2D eigenvalue weighted by Gasteiger charge is -2.16. The topological polar surface area (TPSA) is 64.6 Å². The molecule has 0 spiro atoms. The molecule has 0 heterocycles. The molecule has 1 atom stereocenters. The summed E-state index contributed by atoms with van der Waals surface area (Å²) in [5.74, 6) is 2.65. The Balaban J connectivity index is 2.92. The first-order valence-corrected chi connectivity index (χ1v) is 6.06. The minimum absolute atomic E-state index is 0.129. The number of terminal acetylenes is 1. The fourth-order valence-electron chi connectivity index (χ4n) is 1.54. The van der Waals surface area contributed by atoms with Crippen LogP contribution in [0.15, 0.2) is 18.2 Å². The molecular weight excluding hydrogens is 258 g/mol. The molecule has 0 saturated carbocycles. The number of rotatable bonds is 6. The molecule has 0 fully saturated rings. The number of carbonyl (C=O) groups is 2. The van der Waals surface area contributed by atoms with Gasteiger partial charge >= 0.3 is 0 Å². The number of amides is 1. The fourth-order valence-corrected chi connectivity index (χ4v) is 1.54. The van der Waals surface area contributed by atoms with Gasteiger partial charge in [0.05, 0.1) is 19.2 Å². The third kappa shape index (κ3) is 4.02. The highest BCUT2D eigenvalue weighted by Gasteiger charge is 2.17. The molecule has 1 N–H and O–H groups in total. The van der Waals surface area contributed by atoms with Crippen molar-refractivity contribution in [2.45, 2.75) is 20.0 Å². The van der Waals surface area contributed by atoms with Crippen LogP contribution in [0.5, 0.6) is 11.5 Å². The standard InChI is InChI=1S/C15H17NO4/c1-5-8-16-15(18)11(3)20-14-9-12(19-4)6-7-13(14)10(2)17/h1,6-7,9,11H,8H2,2-4H3,(H,16,18). The Bertz CT molecular complexity index is 545. The first kappa shape index (κ1) is 15.6.